The Morgan fingerprint density at radius 1 is 1.10 bits per heavy atom. The highest BCUT2D eigenvalue weighted by molar-refractivity contribution is 7.89. The summed E-state index contributed by atoms with van der Waals surface area (Å²) < 4.78 is 50.4. The van der Waals surface area contributed by atoms with Crippen molar-refractivity contribution in [2.24, 2.45) is 0 Å². The summed E-state index contributed by atoms with van der Waals surface area (Å²) in [6, 6.07) is 1.57. The fourth-order valence-electron chi connectivity index (χ4n) is 1.34. The van der Waals surface area contributed by atoms with Crippen LogP contribution in [0.15, 0.2) is 23.1 Å². The number of nitrogens with zero attached hydrogens (tertiary/aromatic N) is 1. The Balaban J connectivity index is 3.31. The van der Waals surface area contributed by atoms with Crippen LogP contribution < -0.4 is 0 Å². The molecule has 0 saturated heterocycles. The molecule has 110 valence electrons. The lowest BCUT2D eigenvalue weighted by Crippen LogP contribution is -2.39. The van der Waals surface area contributed by atoms with Gasteiger partial charge in [-0.3, -0.25) is 9.59 Å². The Hall–Kier alpha value is -2.07. The number of benzene rings is 1. The number of carbonyl (C=O) groups is 2. The Kier molecular flexibility index (Phi) is 4.73. The third-order valence-corrected chi connectivity index (χ3v) is 3.94. The molecule has 20 heavy (non-hydrogen) atoms. The second kappa shape index (κ2) is 5.92. The first-order valence-electron chi connectivity index (χ1n) is 5.03. The number of sulfonamides is 1. The zero-order valence-corrected chi connectivity index (χ0v) is 10.6. The third-order valence-electron chi connectivity index (χ3n) is 2.13. The van der Waals surface area contributed by atoms with Gasteiger partial charge in [-0.05, 0) is 18.2 Å². The molecule has 0 saturated carbocycles. The molecule has 2 N–H and O–H groups in total. The first-order chi connectivity index (χ1) is 9.14. The van der Waals surface area contributed by atoms with Crippen LogP contribution in [0.3, 0.4) is 0 Å². The third kappa shape index (κ3) is 3.71. The molecular weight excluding hydrogens is 300 g/mol. The summed E-state index contributed by atoms with van der Waals surface area (Å²) in [6.45, 7) is -2.38. The van der Waals surface area contributed by atoms with Gasteiger partial charge >= 0.3 is 11.9 Å². The maximum atomic E-state index is 13.4. The summed E-state index contributed by atoms with van der Waals surface area (Å²) in [6.07, 6.45) is 0. The zero-order chi connectivity index (χ0) is 15.5. The Morgan fingerprint density at radius 3 is 2.05 bits per heavy atom. The Morgan fingerprint density at radius 2 is 1.60 bits per heavy atom. The van der Waals surface area contributed by atoms with E-state index in [1.54, 1.807) is 0 Å². The van der Waals surface area contributed by atoms with Gasteiger partial charge in [0.05, 0.1) is 0 Å². The summed E-state index contributed by atoms with van der Waals surface area (Å²) in [4.78, 5) is 20.0. The first-order valence-corrected chi connectivity index (χ1v) is 6.47. The molecule has 1 rings (SSSR count). The monoisotopic (exact) mass is 309 g/mol. The molecule has 0 aliphatic carbocycles. The molecule has 0 bridgehead atoms. The molecule has 10 heteroatoms. The van der Waals surface area contributed by atoms with Crippen molar-refractivity contribution in [2.45, 2.75) is 4.90 Å². The number of halogens is 2. The smallest absolute Gasteiger partial charge is 0.318 e. The number of aliphatic carboxylic acids is 2. The highest BCUT2D eigenvalue weighted by atomic mass is 32.2. The second-order valence-corrected chi connectivity index (χ2v) is 5.54. The number of carboxylic acid groups (broad SMARTS) is 2. The van der Waals surface area contributed by atoms with Crippen LogP contribution >= 0.6 is 0 Å². The second-order valence-electron chi connectivity index (χ2n) is 3.64. The van der Waals surface area contributed by atoms with Crippen molar-refractivity contribution < 1.29 is 37.0 Å². The minimum atomic E-state index is -4.79. The molecule has 1 aromatic carbocycles. The van der Waals surface area contributed by atoms with E-state index in [0.717, 1.165) is 0 Å². The fraction of sp³-hybridized carbons (Fsp3) is 0.200. The molecule has 0 aliphatic heterocycles. The van der Waals surface area contributed by atoms with Crippen molar-refractivity contribution >= 4 is 22.0 Å². The van der Waals surface area contributed by atoms with Gasteiger partial charge in [-0.25, -0.2) is 17.2 Å². The maximum Gasteiger partial charge on any atom is 0.318 e. The largest absolute Gasteiger partial charge is 0.480 e. The molecule has 0 fully saturated rings. The quantitative estimate of drug-likeness (QED) is 0.772. The minimum absolute atomic E-state index is 0.0233. The van der Waals surface area contributed by atoms with Gasteiger partial charge in [-0.1, -0.05) is 0 Å². The zero-order valence-electron chi connectivity index (χ0n) is 9.79. The lowest BCUT2D eigenvalue weighted by atomic mass is 10.3. The molecule has 0 unspecified atom stereocenters. The van der Waals surface area contributed by atoms with Crippen LogP contribution in [0.4, 0.5) is 8.78 Å². The van der Waals surface area contributed by atoms with Crippen molar-refractivity contribution in [2.75, 3.05) is 13.1 Å². The normalized spacial score (nSPS) is 11.6. The summed E-state index contributed by atoms with van der Waals surface area (Å²) in [7, 11) is -4.79. The van der Waals surface area contributed by atoms with E-state index in [1.807, 2.05) is 0 Å². The number of hydrogen-bond acceptors (Lipinski definition) is 4. The Labute approximate surface area is 112 Å². The van der Waals surface area contributed by atoms with Crippen LogP contribution in [-0.2, 0) is 19.6 Å². The SMILES string of the molecule is O=C(O)CN(CC(=O)O)S(=O)(=O)c1cc(F)ccc1F. The molecule has 0 spiro atoms. The molecule has 7 nitrogen and oxygen atoms in total. The van der Waals surface area contributed by atoms with E-state index in [1.165, 1.54) is 0 Å². The van der Waals surface area contributed by atoms with Crippen LogP contribution in [0, 0.1) is 11.6 Å². The minimum Gasteiger partial charge on any atom is -0.480 e. The van der Waals surface area contributed by atoms with Gasteiger partial charge in [0.15, 0.2) is 0 Å². The molecule has 0 radical (unpaired) electrons. The van der Waals surface area contributed by atoms with Crippen molar-refractivity contribution in [3.8, 4) is 0 Å². The molecule has 0 aliphatic rings. The molecule has 0 aromatic heterocycles. The van der Waals surface area contributed by atoms with Gasteiger partial charge in [0.1, 0.15) is 29.6 Å². The van der Waals surface area contributed by atoms with E-state index < -0.39 is 51.6 Å². The lowest BCUT2D eigenvalue weighted by Gasteiger charge is -2.18. The van der Waals surface area contributed by atoms with E-state index in [-0.39, 0.29) is 4.31 Å². The van der Waals surface area contributed by atoms with Gasteiger partial charge in [0, 0.05) is 0 Å². The van der Waals surface area contributed by atoms with Gasteiger partial charge in [-0.15, -0.1) is 0 Å². The summed E-state index contributed by atoms with van der Waals surface area (Å²) in [5.74, 6) is -5.64. The van der Waals surface area contributed by atoms with Crippen molar-refractivity contribution in [1.82, 2.24) is 4.31 Å². The fourth-order valence-corrected chi connectivity index (χ4v) is 2.76. The maximum absolute atomic E-state index is 13.4. The van der Waals surface area contributed by atoms with E-state index >= 15 is 0 Å². The predicted octanol–water partition coefficient (Wildman–Crippen LogP) is 0.125. The van der Waals surface area contributed by atoms with Crippen LogP contribution in [0.25, 0.3) is 0 Å². The topological polar surface area (TPSA) is 112 Å². The van der Waals surface area contributed by atoms with E-state index in [0.29, 0.717) is 18.2 Å². The van der Waals surface area contributed by atoms with Gasteiger partial charge in [0.25, 0.3) is 0 Å². The van der Waals surface area contributed by atoms with E-state index in [9.17, 15) is 26.8 Å². The molecule has 1 aromatic rings. The van der Waals surface area contributed by atoms with Crippen molar-refractivity contribution in [3.05, 3.63) is 29.8 Å². The molecule has 0 amide bonds. The van der Waals surface area contributed by atoms with Crippen LogP contribution in [-0.4, -0.2) is 48.0 Å². The number of rotatable bonds is 6. The van der Waals surface area contributed by atoms with Crippen molar-refractivity contribution in [3.63, 3.8) is 0 Å². The molecular formula is C10H9F2NO6S. The predicted molar refractivity (Wildman–Crippen MR) is 60.4 cm³/mol. The summed E-state index contributed by atoms with van der Waals surface area (Å²) >= 11 is 0. The van der Waals surface area contributed by atoms with Crippen LogP contribution in [0.5, 0.6) is 0 Å². The highest BCUT2D eigenvalue weighted by Crippen LogP contribution is 2.20. The average molecular weight is 309 g/mol. The van der Waals surface area contributed by atoms with E-state index in [2.05, 4.69) is 0 Å². The van der Waals surface area contributed by atoms with Crippen LogP contribution in [0.1, 0.15) is 0 Å². The summed E-state index contributed by atoms with van der Waals surface area (Å²) in [5, 5.41) is 17.1. The first kappa shape index (κ1) is 16.0. The lowest BCUT2D eigenvalue weighted by molar-refractivity contribution is -0.139. The van der Waals surface area contributed by atoms with Crippen molar-refractivity contribution in [1.29, 1.82) is 0 Å². The molecule has 0 heterocycles. The Bertz CT molecular complexity index is 629. The number of hydrogen-bond donors (Lipinski definition) is 2. The average Bonchev–Trinajstić information content (AvgIpc) is 2.30. The highest BCUT2D eigenvalue weighted by Gasteiger charge is 2.31. The van der Waals surface area contributed by atoms with Gasteiger partial charge in [-0.2, -0.15) is 4.31 Å². The standard InChI is InChI=1S/C10H9F2NO6S/c11-6-1-2-7(12)8(3-6)20(18,19)13(4-9(14)15)5-10(16)17/h1-3H,4-5H2,(H,14,15)(H,16,17). The molecule has 0 atom stereocenters. The van der Waals surface area contributed by atoms with E-state index in [4.69, 9.17) is 10.2 Å². The van der Waals surface area contributed by atoms with Gasteiger partial charge in [0.2, 0.25) is 10.0 Å². The van der Waals surface area contributed by atoms with Gasteiger partial charge < -0.3 is 10.2 Å². The summed E-state index contributed by atoms with van der Waals surface area (Å²) in [5.41, 5.74) is 0. The number of carboxylic acids is 2. The van der Waals surface area contributed by atoms with Crippen LogP contribution in [0.2, 0.25) is 0 Å².